The third-order valence-corrected chi connectivity index (χ3v) is 10.4. The van der Waals surface area contributed by atoms with E-state index in [2.05, 4.69) is 31.7 Å². The summed E-state index contributed by atoms with van der Waals surface area (Å²) in [5, 5.41) is 48.8. The molecule has 0 aliphatic heterocycles. The molecule has 0 radical (unpaired) electrons. The first-order chi connectivity index (χ1) is 24.6. The predicted molar refractivity (Wildman–Crippen MR) is 161 cm³/mol. The number of esters is 1. The highest BCUT2D eigenvalue weighted by atomic mass is 31.2. The smallest absolute Gasteiger partial charge is 0.457 e. The molecule has 13 atom stereocenters. The number of carbonyl (C=O) groups excluding carboxylic acids is 1. The maximum atomic E-state index is 12.9. The largest absolute Gasteiger partial charge is 0.472 e. The lowest BCUT2D eigenvalue weighted by atomic mass is 9.85. The highest BCUT2D eigenvalue weighted by molar-refractivity contribution is 7.48. The van der Waals surface area contributed by atoms with E-state index in [4.69, 9.17) is 9.47 Å². The SMILES string of the molecule is O=C(CCOCCOP(=O)(O)OC1[C@@H](OP(=O)(O)O)[C@H](OP(=O)(O)O)C(OP(=O)(O)O)[C@H](OP(=O)(O)O)[C@H]1OP(=O)(O)O)OC1[C@@H](O)[C@H](O)C(O)[C@H](O)[C@H]1O. The third-order valence-electron chi connectivity index (χ3n) is 6.77. The quantitative estimate of drug-likeness (QED) is 0.0307. The van der Waals surface area contributed by atoms with Crippen molar-refractivity contribution >= 4 is 52.9 Å². The molecule has 0 bridgehead atoms. The van der Waals surface area contributed by atoms with E-state index in [1.807, 2.05) is 0 Å². The van der Waals surface area contributed by atoms with Crippen LogP contribution in [0.25, 0.3) is 0 Å². The van der Waals surface area contributed by atoms with E-state index >= 15 is 0 Å². The average Bonchev–Trinajstić information content (AvgIpc) is 2.97. The van der Waals surface area contributed by atoms with Crippen molar-refractivity contribution < 1.29 is 153 Å². The van der Waals surface area contributed by atoms with Crippen molar-refractivity contribution in [1.29, 1.82) is 0 Å². The Labute approximate surface area is 305 Å². The summed E-state index contributed by atoms with van der Waals surface area (Å²) in [6.07, 6.45) is -32.2. The number of phosphoric acid groups is 6. The molecule has 32 nitrogen and oxygen atoms in total. The number of aliphatic hydroxyl groups is 5. The minimum Gasteiger partial charge on any atom is -0.457 e. The predicted octanol–water partition coefficient (Wildman–Crippen LogP) is -5.97. The number of ether oxygens (including phenoxy) is 2. The van der Waals surface area contributed by atoms with Gasteiger partial charge in [-0.15, -0.1) is 0 Å². The number of rotatable bonds is 20. The van der Waals surface area contributed by atoms with Crippen LogP contribution in [0.5, 0.6) is 0 Å². The molecule has 38 heteroatoms. The monoisotopic (exact) mass is 938 g/mol. The van der Waals surface area contributed by atoms with E-state index in [-0.39, 0.29) is 0 Å². The van der Waals surface area contributed by atoms with Crippen molar-refractivity contribution in [3.05, 3.63) is 0 Å². The zero-order valence-corrected chi connectivity index (χ0v) is 32.0. The molecule has 0 aromatic heterocycles. The molecule has 0 heterocycles. The Morgan fingerprint density at radius 1 is 0.400 bits per heavy atom. The second-order valence-electron chi connectivity index (χ2n) is 10.9. The van der Waals surface area contributed by atoms with Crippen LogP contribution >= 0.6 is 46.9 Å². The van der Waals surface area contributed by atoms with Crippen LogP contribution in [0, 0.1) is 0 Å². The maximum Gasteiger partial charge on any atom is 0.472 e. The summed E-state index contributed by atoms with van der Waals surface area (Å²) >= 11 is 0. The minimum atomic E-state index is -6.17. The van der Waals surface area contributed by atoms with Gasteiger partial charge in [0.25, 0.3) is 0 Å². The van der Waals surface area contributed by atoms with E-state index in [1.54, 1.807) is 0 Å². The molecule has 2 rings (SSSR count). The molecular formula is C17H36O32P6. The van der Waals surface area contributed by atoms with Gasteiger partial charge in [-0.3, -0.25) is 36.5 Å². The lowest BCUT2D eigenvalue weighted by molar-refractivity contribution is -0.233. The first kappa shape index (κ1) is 51.0. The molecule has 0 saturated heterocycles. The van der Waals surface area contributed by atoms with Gasteiger partial charge in [0, 0.05) is 0 Å². The molecular weight excluding hydrogens is 902 g/mol. The van der Waals surface area contributed by atoms with Gasteiger partial charge in [-0.25, -0.2) is 27.4 Å². The highest BCUT2D eigenvalue weighted by Crippen LogP contribution is 2.58. The van der Waals surface area contributed by atoms with Gasteiger partial charge in [0.15, 0.2) is 6.10 Å². The number of phosphoric ester groups is 6. The summed E-state index contributed by atoms with van der Waals surface area (Å²) in [7, 11) is -36.7. The van der Waals surface area contributed by atoms with Crippen molar-refractivity contribution in [2.45, 2.75) is 79.7 Å². The molecule has 0 amide bonds. The summed E-state index contributed by atoms with van der Waals surface area (Å²) < 4.78 is 112. The second kappa shape index (κ2) is 19.5. The molecule has 0 aromatic carbocycles. The Hall–Kier alpha value is -0.110. The van der Waals surface area contributed by atoms with E-state index in [9.17, 15) is 112 Å². The summed E-state index contributed by atoms with van der Waals surface area (Å²) in [6, 6.07) is 0. The van der Waals surface area contributed by atoms with Crippen LogP contribution in [0.15, 0.2) is 0 Å². The molecule has 0 spiro atoms. The molecule has 2 saturated carbocycles. The normalized spacial score (nSPS) is 33.9. The number of hydrogen-bond donors (Lipinski definition) is 16. The maximum absolute atomic E-state index is 12.9. The van der Waals surface area contributed by atoms with Crippen molar-refractivity contribution in [2.75, 3.05) is 19.8 Å². The van der Waals surface area contributed by atoms with Crippen molar-refractivity contribution in [3.63, 3.8) is 0 Å². The zero-order valence-electron chi connectivity index (χ0n) is 26.6. The standard InChI is InChI=1S/C17H36O32P6/c18-5(43-11-9(22)7(20)6(19)8(21)10(11)23)1-2-41-3-4-42-55(39,40)49-17-15(47-53(33,34)35)13(45-51(27,28)29)12(44-50(24,25)26)14(46-52(30,31)32)16(17)48-54(36,37)38/h6-17,19-23H,1-4H2,(H,39,40)(H2,24,25,26)(H2,27,28,29)(H2,30,31,32)(H2,33,34,35)(H2,36,37,38)/t6?,7-,8+,9+,10-,11?,12?,13-,14+,15+,16-,17?. The Balaban J connectivity index is 2.35. The fraction of sp³-hybridized carbons (Fsp3) is 0.941. The first-order valence-corrected chi connectivity index (χ1v) is 23.3. The molecule has 0 aromatic rings. The first-order valence-electron chi connectivity index (χ1n) is 14.1. The molecule has 2 fully saturated rings. The van der Waals surface area contributed by atoms with Crippen molar-refractivity contribution in [1.82, 2.24) is 0 Å². The van der Waals surface area contributed by atoms with Gasteiger partial charge in [0.1, 0.15) is 67.1 Å². The van der Waals surface area contributed by atoms with Gasteiger partial charge < -0.3 is 88.8 Å². The Morgan fingerprint density at radius 2 is 0.691 bits per heavy atom. The zero-order chi connectivity index (χ0) is 42.7. The second-order valence-corrected chi connectivity index (χ2v) is 18.3. The van der Waals surface area contributed by atoms with Crippen LogP contribution in [0.4, 0.5) is 0 Å². The Kier molecular flexibility index (Phi) is 18.1. The summed E-state index contributed by atoms with van der Waals surface area (Å²) in [5.41, 5.74) is 0. The fourth-order valence-corrected chi connectivity index (χ4v) is 8.53. The summed E-state index contributed by atoms with van der Waals surface area (Å²) in [4.78, 5) is 117. The lowest BCUT2D eigenvalue weighted by Gasteiger charge is -2.48. The van der Waals surface area contributed by atoms with E-state index in [0.717, 1.165) is 0 Å². The summed E-state index contributed by atoms with van der Waals surface area (Å²) in [5.74, 6) is -1.24. The van der Waals surface area contributed by atoms with Crippen LogP contribution in [0.3, 0.4) is 0 Å². The molecule has 5 unspecified atom stereocenters. The molecule has 2 aliphatic rings. The molecule has 16 N–H and O–H groups in total. The molecule has 326 valence electrons. The van der Waals surface area contributed by atoms with Gasteiger partial charge in [-0.05, 0) is 0 Å². The Bertz CT molecular complexity index is 1500. The lowest BCUT2D eigenvalue weighted by Crippen LogP contribution is -2.66. The molecule has 2 aliphatic carbocycles. The molecule has 55 heavy (non-hydrogen) atoms. The minimum absolute atomic E-state index is 0.645. The van der Waals surface area contributed by atoms with Gasteiger partial charge in [-0.1, -0.05) is 0 Å². The van der Waals surface area contributed by atoms with Gasteiger partial charge in [0.2, 0.25) is 0 Å². The van der Waals surface area contributed by atoms with E-state index in [1.165, 1.54) is 0 Å². The van der Waals surface area contributed by atoms with E-state index in [0.29, 0.717) is 0 Å². The van der Waals surface area contributed by atoms with Crippen LogP contribution in [0.2, 0.25) is 0 Å². The van der Waals surface area contributed by atoms with Gasteiger partial charge in [0.05, 0.1) is 26.2 Å². The number of aliphatic hydroxyl groups excluding tert-OH is 5. The van der Waals surface area contributed by atoms with Crippen LogP contribution in [0.1, 0.15) is 6.42 Å². The van der Waals surface area contributed by atoms with Crippen LogP contribution < -0.4 is 0 Å². The Morgan fingerprint density at radius 3 is 1.00 bits per heavy atom. The topological polar surface area (TPSA) is 526 Å². The number of hydrogen-bond acceptors (Lipinski definition) is 21. The fourth-order valence-electron chi connectivity index (χ4n) is 4.83. The highest BCUT2D eigenvalue weighted by Gasteiger charge is 2.63. The van der Waals surface area contributed by atoms with Crippen LogP contribution in [-0.2, 0) is 73.3 Å². The van der Waals surface area contributed by atoms with Crippen molar-refractivity contribution in [3.8, 4) is 0 Å². The van der Waals surface area contributed by atoms with E-state index < -0.39 is 152 Å². The van der Waals surface area contributed by atoms with Crippen LogP contribution in [-0.4, -0.2) is 178 Å². The summed E-state index contributed by atoms with van der Waals surface area (Å²) in [6.45, 7) is -2.55. The van der Waals surface area contributed by atoms with Crippen molar-refractivity contribution in [2.24, 2.45) is 0 Å². The van der Waals surface area contributed by atoms with Gasteiger partial charge >= 0.3 is 52.9 Å². The number of carbonyl (C=O) groups is 1. The van der Waals surface area contributed by atoms with Gasteiger partial charge in [-0.2, -0.15) is 0 Å². The third kappa shape index (κ3) is 17.2. The average molecular weight is 938 g/mol.